The number of hydrogen-bond acceptors (Lipinski definition) is 6. The smallest absolute Gasteiger partial charge is 0.306 e. The van der Waals surface area contributed by atoms with Crippen LogP contribution in [0.15, 0.2) is 60.8 Å². The number of allylic oxidation sites excluding steroid dienone is 10. The molecule has 68 heavy (non-hydrogen) atoms. The minimum absolute atomic E-state index is 0.0926. The maximum atomic E-state index is 12.8. The highest BCUT2D eigenvalue weighted by atomic mass is 16.6. The summed E-state index contributed by atoms with van der Waals surface area (Å²) < 4.78 is 16.8. The number of ether oxygens (including phenoxy) is 3. The molecular formula is C62H110O6. The Bertz CT molecular complexity index is 1230. The summed E-state index contributed by atoms with van der Waals surface area (Å²) in [6.45, 7) is 6.52. The van der Waals surface area contributed by atoms with E-state index in [0.29, 0.717) is 19.3 Å². The van der Waals surface area contributed by atoms with Gasteiger partial charge < -0.3 is 14.2 Å². The van der Waals surface area contributed by atoms with Gasteiger partial charge in [-0.05, 0) is 57.8 Å². The van der Waals surface area contributed by atoms with Gasteiger partial charge in [-0.2, -0.15) is 0 Å². The molecule has 0 spiro atoms. The van der Waals surface area contributed by atoms with Crippen molar-refractivity contribution in [3.63, 3.8) is 0 Å². The minimum Gasteiger partial charge on any atom is -0.462 e. The summed E-state index contributed by atoms with van der Waals surface area (Å²) in [7, 11) is 0. The summed E-state index contributed by atoms with van der Waals surface area (Å²) in [6, 6.07) is 0. The number of unbranched alkanes of at least 4 members (excludes halogenated alkanes) is 32. The topological polar surface area (TPSA) is 78.9 Å². The fourth-order valence-corrected chi connectivity index (χ4v) is 8.42. The Morgan fingerprint density at radius 3 is 0.882 bits per heavy atom. The van der Waals surface area contributed by atoms with E-state index in [2.05, 4.69) is 81.5 Å². The molecule has 0 N–H and O–H groups in total. The molecule has 0 aliphatic carbocycles. The summed E-state index contributed by atoms with van der Waals surface area (Å²) in [5.74, 6) is -0.935. The van der Waals surface area contributed by atoms with Crippen molar-refractivity contribution < 1.29 is 28.6 Å². The molecule has 0 saturated carbocycles. The van der Waals surface area contributed by atoms with Gasteiger partial charge in [0.1, 0.15) is 13.2 Å². The number of hydrogen-bond donors (Lipinski definition) is 0. The molecule has 394 valence electrons. The van der Waals surface area contributed by atoms with Crippen LogP contribution in [-0.4, -0.2) is 37.2 Å². The SMILES string of the molecule is CC/C=C\C/C=C\C/C=C\C/C=C\C/C=C\CCCC(=O)OC(COC(=O)CCCCCCCCCCCCCCCCC)COC(=O)CCCCCCCCCCCCCCCCCCCC. The first-order valence-corrected chi connectivity index (χ1v) is 29.3. The average Bonchev–Trinajstić information content (AvgIpc) is 3.34. The molecule has 0 aliphatic heterocycles. The van der Waals surface area contributed by atoms with Gasteiger partial charge in [0.25, 0.3) is 0 Å². The van der Waals surface area contributed by atoms with Crippen molar-refractivity contribution in [2.24, 2.45) is 0 Å². The molecule has 1 atom stereocenters. The molecule has 0 heterocycles. The highest BCUT2D eigenvalue weighted by molar-refractivity contribution is 5.71. The molecule has 0 amide bonds. The molecule has 0 radical (unpaired) electrons. The first-order chi connectivity index (χ1) is 33.5. The third-order valence-electron chi connectivity index (χ3n) is 12.8. The lowest BCUT2D eigenvalue weighted by molar-refractivity contribution is -0.167. The van der Waals surface area contributed by atoms with Crippen molar-refractivity contribution in [3.8, 4) is 0 Å². The third kappa shape index (κ3) is 54.1. The van der Waals surface area contributed by atoms with E-state index >= 15 is 0 Å². The number of rotatable bonds is 53. The van der Waals surface area contributed by atoms with Crippen molar-refractivity contribution in [1.82, 2.24) is 0 Å². The lowest BCUT2D eigenvalue weighted by Gasteiger charge is -2.18. The van der Waals surface area contributed by atoms with Gasteiger partial charge in [-0.1, -0.05) is 281 Å². The predicted octanol–water partition coefficient (Wildman–Crippen LogP) is 19.6. The van der Waals surface area contributed by atoms with Crippen molar-refractivity contribution in [2.45, 2.75) is 303 Å². The van der Waals surface area contributed by atoms with Crippen LogP contribution in [0, 0.1) is 0 Å². The number of carbonyl (C=O) groups is 3. The van der Waals surface area contributed by atoms with Crippen LogP contribution in [-0.2, 0) is 28.6 Å². The van der Waals surface area contributed by atoms with Gasteiger partial charge in [0, 0.05) is 19.3 Å². The highest BCUT2D eigenvalue weighted by Crippen LogP contribution is 2.17. The van der Waals surface area contributed by atoms with Crippen molar-refractivity contribution in [2.75, 3.05) is 13.2 Å². The first kappa shape index (κ1) is 65.1. The van der Waals surface area contributed by atoms with E-state index in [1.54, 1.807) is 0 Å². The van der Waals surface area contributed by atoms with Gasteiger partial charge in [-0.25, -0.2) is 0 Å². The molecule has 0 aromatic heterocycles. The van der Waals surface area contributed by atoms with Crippen LogP contribution >= 0.6 is 0 Å². The maximum Gasteiger partial charge on any atom is 0.306 e. The first-order valence-electron chi connectivity index (χ1n) is 29.3. The van der Waals surface area contributed by atoms with Crippen LogP contribution < -0.4 is 0 Å². The molecule has 6 nitrogen and oxygen atoms in total. The summed E-state index contributed by atoms with van der Waals surface area (Å²) in [4.78, 5) is 38.2. The Labute approximate surface area is 421 Å². The Hall–Kier alpha value is -2.89. The van der Waals surface area contributed by atoms with Crippen LogP contribution in [0.3, 0.4) is 0 Å². The average molecular weight is 952 g/mol. The summed E-state index contributed by atoms with van der Waals surface area (Å²) >= 11 is 0. The molecule has 0 aliphatic rings. The molecule has 0 fully saturated rings. The van der Waals surface area contributed by atoms with E-state index in [1.807, 2.05) is 0 Å². The van der Waals surface area contributed by atoms with E-state index in [0.717, 1.165) is 77.0 Å². The quantitative estimate of drug-likeness (QED) is 0.0262. The molecule has 0 rings (SSSR count). The van der Waals surface area contributed by atoms with Gasteiger partial charge in [0.05, 0.1) is 0 Å². The second kappa shape index (κ2) is 56.7. The Morgan fingerprint density at radius 1 is 0.309 bits per heavy atom. The van der Waals surface area contributed by atoms with Crippen molar-refractivity contribution in [3.05, 3.63) is 60.8 Å². The molecule has 0 aromatic rings. The second-order valence-electron chi connectivity index (χ2n) is 19.5. The molecular weight excluding hydrogens is 841 g/mol. The fraction of sp³-hybridized carbons (Fsp3) is 0.790. The number of esters is 3. The fourth-order valence-electron chi connectivity index (χ4n) is 8.42. The normalized spacial score (nSPS) is 12.5. The van der Waals surface area contributed by atoms with Gasteiger partial charge in [0.2, 0.25) is 0 Å². The Kier molecular flexibility index (Phi) is 54.3. The Balaban J connectivity index is 4.42. The van der Waals surface area contributed by atoms with Crippen LogP contribution in [0.25, 0.3) is 0 Å². The lowest BCUT2D eigenvalue weighted by atomic mass is 10.0. The standard InChI is InChI=1S/C62H110O6/c1-4-7-10-13-16-19-22-25-28-30-32-34-37-40-43-46-49-52-55-61(64)67-58-59(57-66-60(63)54-51-48-45-42-39-36-33-27-24-21-18-15-12-9-6-3)68-62(65)56-53-50-47-44-41-38-35-31-29-26-23-20-17-14-11-8-5-2/h8,11,17,20,26,29,35,38,44,47,59H,4-7,9-10,12-16,18-19,21-25,27-28,30-34,36-37,39-43,45-46,48-58H2,1-3H3/b11-8-,20-17-,29-26-,38-35-,47-44-. The second-order valence-corrected chi connectivity index (χ2v) is 19.5. The predicted molar refractivity (Wildman–Crippen MR) is 293 cm³/mol. The van der Waals surface area contributed by atoms with Crippen LogP contribution in [0.1, 0.15) is 297 Å². The van der Waals surface area contributed by atoms with E-state index in [9.17, 15) is 14.4 Å². The summed E-state index contributed by atoms with van der Waals surface area (Å²) in [6.07, 6.45) is 70.8. The monoisotopic (exact) mass is 951 g/mol. The van der Waals surface area contributed by atoms with Gasteiger partial charge in [0.15, 0.2) is 6.10 Å². The van der Waals surface area contributed by atoms with Gasteiger partial charge in [-0.3, -0.25) is 14.4 Å². The van der Waals surface area contributed by atoms with E-state index in [4.69, 9.17) is 14.2 Å². The molecule has 6 heteroatoms. The van der Waals surface area contributed by atoms with Crippen LogP contribution in [0.2, 0.25) is 0 Å². The minimum atomic E-state index is -0.800. The Morgan fingerprint density at radius 2 is 0.574 bits per heavy atom. The lowest BCUT2D eigenvalue weighted by Crippen LogP contribution is -2.30. The zero-order valence-electron chi connectivity index (χ0n) is 45.1. The maximum absolute atomic E-state index is 12.8. The van der Waals surface area contributed by atoms with Crippen LogP contribution in [0.4, 0.5) is 0 Å². The highest BCUT2D eigenvalue weighted by Gasteiger charge is 2.19. The zero-order valence-corrected chi connectivity index (χ0v) is 45.1. The van der Waals surface area contributed by atoms with Crippen molar-refractivity contribution >= 4 is 17.9 Å². The summed E-state index contributed by atoms with van der Waals surface area (Å²) in [5, 5.41) is 0. The molecule has 0 aromatic carbocycles. The molecule has 1 unspecified atom stereocenters. The van der Waals surface area contributed by atoms with Gasteiger partial charge in [-0.15, -0.1) is 0 Å². The summed E-state index contributed by atoms with van der Waals surface area (Å²) in [5.41, 5.74) is 0. The van der Waals surface area contributed by atoms with E-state index in [1.165, 1.54) is 173 Å². The zero-order chi connectivity index (χ0) is 49.3. The van der Waals surface area contributed by atoms with E-state index in [-0.39, 0.29) is 37.5 Å². The molecule has 0 bridgehead atoms. The third-order valence-corrected chi connectivity index (χ3v) is 12.8. The van der Waals surface area contributed by atoms with Crippen molar-refractivity contribution in [1.29, 1.82) is 0 Å². The van der Waals surface area contributed by atoms with E-state index < -0.39 is 6.10 Å². The largest absolute Gasteiger partial charge is 0.462 e. The van der Waals surface area contributed by atoms with Gasteiger partial charge >= 0.3 is 17.9 Å². The number of carbonyl (C=O) groups excluding carboxylic acids is 3. The van der Waals surface area contributed by atoms with Crippen LogP contribution in [0.5, 0.6) is 0 Å². The molecule has 0 saturated heterocycles.